The molecule has 6 heteroatoms. The van der Waals surface area contributed by atoms with Gasteiger partial charge in [-0.25, -0.2) is 4.98 Å². The summed E-state index contributed by atoms with van der Waals surface area (Å²) in [4.78, 5) is 8.86. The molecule has 2 aromatic heterocycles. The molecule has 0 unspecified atom stereocenters. The molecule has 0 amide bonds. The van der Waals surface area contributed by atoms with Gasteiger partial charge in [0.25, 0.3) is 0 Å². The van der Waals surface area contributed by atoms with Crippen LogP contribution in [-0.4, -0.2) is 14.5 Å². The van der Waals surface area contributed by atoms with E-state index in [1.165, 1.54) is 4.88 Å². The third kappa shape index (κ3) is 2.26. The Labute approximate surface area is 125 Å². The Balaban J connectivity index is 2.08. The summed E-state index contributed by atoms with van der Waals surface area (Å²) in [6.07, 6.45) is 2.91. The average molecular weight is 300 g/mol. The quantitative estimate of drug-likeness (QED) is 0.751. The van der Waals surface area contributed by atoms with Crippen LogP contribution >= 0.6 is 23.6 Å². The number of nitrogens with zero attached hydrogens (tertiary/aromatic N) is 3. The van der Waals surface area contributed by atoms with E-state index < -0.39 is 0 Å². The second-order valence-electron chi connectivity index (χ2n) is 4.43. The molecular weight excluding hydrogens is 288 g/mol. The highest BCUT2D eigenvalue weighted by Gasteiger charge is 2.08. The summed E-state index contributed by atoms with van der Waals surface area (Å²) in [6.45, 7) is 2.76. The number of thiazole rings is 1. The monoisotopic (exact) mass is 300 g/mol. The number of hydrogen-bond acceptors (Lipinski definition) is 4. The molecule has 0 aliphatic heterocycles. The summed E-state index contributed by atoms with van der Waals surface area (Å²) in [7, 11) is 0. The van der Waals surface area contributed by atoms with E-state index in [4.69, 9.17) is 17.5 Å². The Bertz CT molecular complexity index is 863. The molecule has 0 fully saturated rings. The van der Waals surface area contributed by atoms with Crippen molar-refractivity contribution in [3.8, 4) is 6.07 Å². The highest BCUT2D eigenvalue weighted by Crippen LogP contribution is 2.20. The van der Waals surface area contributed by atoms with Gasteiger partial charge < -0.3 is 9.55 Å². The lowest BCUT2D eigenvalue weighted by Gasteiger charge is -2.01. The molecule has 2 heterocycles. The van der Waals surface area contributed by atoms with E-state index in [2.05, 4.69) is 23.0 Å². The molecular formula is C14H12N4S2. The molecule has 20 heavy (non-hydrogen) atoms. The molecule has 0 spiro atoms. The second kappa shape index (κ2) is 5.19. The lowest BCUT2D eigenvalue weighted by atomic mass is 10.2. The summed E-state index contributed by atoms with van der Waals surface area (Å²) in [6, 6.07) is 7.69. The fourth-order valence-corrected chi connectivity index (χ4v) is 3.22. The van der Waals surface area contributed by atoms with E-state index in [0.717, 1.165) is 22.5 Å². The molecule has 4 nitrogen and oxygen atoms in total. The number of nitriles is 1. The maximum Gasteiger partial charge on any atom is 0.178 e. The minimum atomic E-state index is 0.633. The van der Waals surface area contributed by atoms with Gasteiger partial charge in [-0.1, -0.05) is 6.92 Å². The Morgan fingerprint density at radius 2 is 2.35 bits per heavy atom. The van der Waals surface area contributed by atoms with Gasteiger partial charge in [-0.2, -0.15) is 5.26 Å². The van der Waals surface area contributed by atoms with Crippen LogP contribution in [0.5, 0.6) is 0 Å². The number of rotatable bonds is 3. The number of fused-ring (bicyclic) bond motifs is 1. The zero-order valence-electron chi connectivity index (χ0n) is 10.9. The normalized spacial score (nSPS) is 10.8. The van der Waals surface area contributed by atoms with Crippen molar-refractivity contribution in [3.63, 3.8) is 0 Å². The van der Waals surface area contributed by atoms with Crippen molar-refractivity contribution in [1.82, 2.24) is 14.5 Å². The van der Waals surface area contributed by atoms with Crippen molar-refractivity contribution in [2.45, 2.75) is 19.9 Å². The molecule has 3 aromatic rings. The first-order valence-corrected chi connectivity index (χ1v) is 7.50. The summed E-state index contributed by atoms with van der Waals surface area (Å²) in [5, 5.41) is 10.0. The highest BCUT2D eigenvalue weighted by atomic mass is 32.1. The zero-order valence-corrected chi connectivity index (χ0v) is 12.5. The van der Waals surface area contributed by atoms with Crippen LogP contribution in [0.1, 0.15) is 22.4 Å². The Hall–Kier alpha value is -1.97. The van der Waals surface area contributed by atoms with Crippen molar-refractivity contribution >= 4 is 34.6 Å². The van der Waals surface area contributed by atoms with Crippen LogP contribution in [0.3, 0.4) is 0 Å². The van der Waals surface area contributed by atoms with Gasteiger partial charge in [0.1, 0.15) is 5.01 Å². The first kappa shape index (κ1) is 13.0. The molecule has 0 saturated heterocycles. The number of imidazole rings is 1. The van der Waals surface area contributed by atoms with Crippen molar-refractivity contribution in [3.05, 3.63) is 44.6 Å². The van der Waals surface area contributed by atoms with Crippen LogP contribution in [0.25, 0.3) is 11.0 Å². The van der Waals surface area contributed by atoms with E-state index in [0.29, 0.717) is 16.9 Å². The van der Waals surface area contributed by atoms with Crippen LogP contribution in [-0.2, 0) is 13.0 Å². The van der Waals surface area contributed by atoms with Crippen LogP contribution in [0.4, 0.5) is 0 Å². The van der Waals surface area contributed by atoms with E-state index in [1.54, 1.807) is 17.4 Å². The number of H-pyrrole nitrogens is 1. The summed E-state index contributed by atoms with van der Waals surface area (Å²) < 4.78 is 2.65. The number of benzene rings is 1. The molecule has 0 atom stereocenters. The topological polar surface area (TPSA) is 57.4 Å². The largest absolute Gasteiger partial charge is 0.331 e. The first-order valence-electron chi connectivity index (χ1n) is 6.27. The van der Waals surface area contributed by atoms with Gasteiger partial charge in [-0.05, 0) is 36.8 Å². The molecule has 1 aromatic carbocycles. The standard InChI is InChI=1S/C14H12N4S2/c1-2-10-7-16-13(20-10)8-18-12-5-9(6-15)3-4-11(12)17-14(18)19/h3-5,7H,2,8H2,1H3,(H,17,19). The Kier molecular flexibility index (Phi) is 3.38. The van der Waals surface area contributed by atoms with Crippen LogP contribution < -0.4 is 0 Å². The van der Waals surface area contributed by atoms with Gasteiger partial charge in [-0.3, -0.25) is 0 Å². The molecule has 3 rings (SSSR count). The maximum absolute atomic E-state index is 9.01. The predicted molar refractivity (Wildman–Crippen MR) is 82.4 cm³/mol. The maximum atomic E-state index is 9.01. The van der Waals surface area contributed by atoms with Crippen LogP contribution in [0.2, 0.25) is 0 Å². The number of aryl methyl sites for hydroxylation is 1. The van der Waals surface area contributed by atoms with Crippen molar-refractivity contribution in [2.75, 3.05) is 0 Å². The second-order valence-corrected chi connectivity index (χ2v) is 6.02. The van der Waals surface area contributed by atoms with E-state index in [-0.39, 0.29) is 0 Å². The highest BCUT2D eigenvalue weighted by molar-refractivity contribution is 7.71. The number of aromatic amines is 1. The van der Waals surface area contributed by atoms with Crippen molar-refractivity contribution in [1.29, 1.82) is 5.26 Å². The molecule has 100 valence electrons. The molecule has 0 aliphatic rings. The molecule has 0 saturated carbocycles. The average Bonchev–Trinajstić information content (AvgIpc) is 3.04. The Morgan fingerprint density at radius 1 is 1.50 bits per heavy atom. The first-order chi connectivity index (χ1) is 9.71. The lowest BCUT2D eigenvalue weighted by Crippen LogP contribution is -1.99. The van der Waals surface area contributed by atoms with Gasteiger partial charge in [-0.15, -0.1) is 11.3 Å². The van der Waals surface area contributed by atoms with Gasteiger partial charge >= 0.3 is 0 Å². The van der Waals surface area contributed by atoms with E-state index >= 15 is 0 Å². The molecule has 0 aliphatic carbocycles. The number of nitrogens with one attached hydrogen (secondary N) is 1. The zero-order chi connectivity index (χ0) is 14.1. The number of aromatic nitrogens is 3. The van der Waals surface area contributed by atoms with Gasteiger partial charge in [0.2, 0.25) is 0 Å². The van der Waals surface area contributed by atoms with E-state index in [1.807, 2.05) is 22.9 Å². The van der Waals surface area contributed by atoms with Gasteiger partial charge in [0, 0.05) is 11.1 Å². The van der Waals surface area contributed by atoms with E-state index in [9.17, 15) is 0 Å². The minimum Gasteiger partial charge on any atom is -0.331 e. The fraction of sp³-hybridized carbons (Fsp3) is 0.214. The summed E-state index contributed by atoms with van der Waals surface area (Å²) >= 11 is 7.07. The van der Waals surface area contributed by atoms with Gasteiger partial charge in [0.05, 0.1) is 29.2 Å². The van der Waals surface area contributed by atoms with Crippen molar-refractivity contribution < 1.29 is 0 Å². The summed E-state index contributed by atoms with van der Waals surface area (Å²) in [5.41, 5.74) is 2.53. The SMILES string of the molecule is CCc1cnc(Cn2c(=S)[nH]c3ccc(C#N)cc32)s1. The fourth-order valence-electron chi connectivity index (χ4n) is 2.10. The van der Waals surface area contributed by atoms with Crippen LogP contribution in [0.15, 0.2) is 24.4 Å². The molecule has 0 bridgehead atoms. The molecule has 1 N–H and O–H groups in total. The predicted octanol–water partition coefficient (Wildman–Crippen LogP) is 3.64. The van der Waals surface area contributed by atoms with Crippen LogP contribution in [0, 0.1) is 16.1 Å². The Morgan fingerprint density at radius 3 is 3.05 bits per heavy atom. The third-order valence-electron chi connectivity index (χ3n) is 3.15. The van der Waals surface area contributed by atoms with Crippen molar-refractivity contribution in [2.24, 2.45) is 0 Å². The third-order valence-corrected chi connectivity index (χ3v) is 4.60. The minimum absolute atomic E-state index is 0.633. The number of hydrogen-bond donors (Lipinski definition) is 1. The summed E-state index contributed by atoms with van der Waals surface area (Å²) in [5.74, 6) is 0. The molecule has 0 radical (unpaired) electrons. The van der Waals surface area contributed by atoms with Gasteiger partial charge in [0.15, 0.2) is 4.77 Å². The lowest BCUT2D eigenvalue weighted by molar-refractivity contribution is 0.803. The smallest absolute Gasteiger partial charge is 0.178 e.